The number of rotatable bonds is 5. The second-order valence-corrected chi connectivity index (χ2v) is 6.80. The lowest BCUT2D eigenvalue weighted by molar-refractivity contribution is 0.0548. The standard InChI is InChI=1S/C18H19NO4S/c1-11-13-9-12(22-3)6-7-14(13)23-16(11)17(20)19-10-18(2,21)15-5-4-8-24-15/h4-9,21H,10H2,1-3H3,(H,19,20). The number of hydrogen-bond donors (Lipinski definition) is 2. The molecule has 1 amide bonds. The molecular weight excluding hydrogens is 326 g/mol. The third-order valence-corrected chi connectivity index (χ3v) is 5.12. The van der Waals surface area contributed by atoms with Crippen LogP contribution in [0.5, 0.6) is 5.75 Å². The van der Waals surface area contributed by atoms with Gasteiger partial charge in [-0.05, 0) is 43.5 Å². The van der Waals surface area contributed by atoms with Crippen LogP contribution >= 0.6 is 11.3 Å². The quantitative estimate of drug-likeness (QED) is 0.743. The SMILES string of the molecule is COc1ccc2oc(C(=O)NCC(C)(O)c3cccs3)c(C)c2c1. The zero-order valence-electron chi connectivity index (χ0n) is 13.8. The fraction of sp³-hybridized carbons (Fsp3) is 0.278. The van der Waals surface area contributed by atoms with E-state index < -0.39 is 5.60 Å². The number of aryl methyl sites for hydroxylation is 1. The zero-order chi connectivity index (χ0) is 17.3. The van der Waals surface area contributed by atoms with Gasteiger partial charge in [-0.3, -0.25) is 4.79 Å². The number of furan rings is 1. The Bertz CT molecular complexity index is 865. The molecule has 1 aromatic carbocycles. The Morgan fingerprint density at radius 2 is 2.21 bits per heavy atom. The zero-order valence-corrected chi connectivity index (χ0v) is 14.6. The van der Waals surface area contributed by atoms with Gasteiger partial charge >= 0.3 is 0 Å². The smallest absolute Gasteiger partial charge is 0.287 e. The first-order chi connectivity index (χ1) is 11.4. The summed E-state index contributed by atoms with van der Waals surface area (Å²) in [4.78, 5) is 13.3. The fourth-order valence-electron chi connectivity index (χ4n) is 2.55. The third kappa shape index (κ3) is 3.02. The number of amides is 1. The Balaban J connectivity index is 1.80. The normalized spacial score (nSPS) is 13.7. The van der Waals surface area contributed by atoms with Gasteiger partial charge in [0.15, 0.2) is 5.76 Å². The van der Waals surface area contributed by atoms with Crippen LogP contribution in [0.25, 0.3) is 11.0 Å². The van der Waals surface area contributed by atoms with E-state index in [0.29, 0.717) is 11.3 Å². The summed E-state index contributed by atoms with van der Waals surface area (Å²) in [5.41, 5.74) is 0.257. The van der Waals surface area contributed by atoms with E-state index in [1.54, 1.807) is 26.2 Å². The fourth-order valence-corrected chi connectivity index (χ4v) is 3.34. The summed E-state index contributed by atoms with van der Waals surface area (Å²) in [6.45, 7) is 3.61. The number of thiophene rings is 1. The van der Waals surface area contributed by atoms with E-state index in [4.69, 9.17) is 9.15 Å². The van der Waals surface area contributed by atoms with E-state index in [-0.39, 0.29) is 18.2 Å². The van der Waals surface area contributed by atoms with Crippen LogP contribution in [0, 0.1) is 6.92 Å². The number of benzene rings is 1. The van der Waals surface area contributed by atoms with Crippen molar-refractivity contribution in [1.82, 2.24) is 5.32 Å². The number of methoxy groups -OCH3 is 1. The van der Waals surface area contributed by atoms with Crippen LogP contribution in [0.3, 0.4) is 0 Å². The van der Waals surface area contributed by atoms with Gasteiger partial charge in [-0.1, -0.05) is 6.07 Å². The second kappa shape index (κ2) is 6.30. The van der Waals surface area contributed by atoms with Crippen molar-refractivity contribution in [3.8, 4) is 5.75 Å². The molecule has 6 heteroatoms. The lowest BCUT2D eigenvalue weighted by Gasteiger charge is -2.22. The van der Waals surface area contributed by atoms with Crippen molar-refractivity contribution in [2.24, 2.45) is 0 Å². The van der Waals surface area contributed by atoms with Gasteiger partial charge in [-0.25, -0.2) is 0 Å². The minimum atomic E-state index is -1.12. The molecule has 5 nitrogen and oxygen atoms in total. The molecule has 2 N–H and O–H groups in total. The van der Waals surface area contributed by atoms with Crippen LogP contribution in [-0.4, -0.2) is 24.7 Å². The van der Waals surface area contributed by atoms with E-state index >= 15 is 0 Å². The Hall–Kier alpha value is -2.31. The van der Waals surface area contributed by atoms with E-state index in [2.05, 4.69) is 5.32 Å². The molecule has 126 valence electrons. The minimum Gasteiger partial charge on any atom is -0.497 e. The average Bonchev–Trinajstić information content (AvgIpc) is 3.21. The van der Waals surface area contributed by atoms with E-state index in [1.807, 2.05) is 30.5 Å². The van der Waals surface area contributed by atoms with Crippen molar-refractivity contribution >= 4 is 28.2 Å². The van der Waals surface area contributed by atoms with Gasteiger partial charge in [0.2, 0.25) is 0 Å². The van der Waals surface area contributed by atoms with E-state index in [1.165, 1.54) is 11.3 Å². The van der Waals surface area contributed by atoms with Crippen molar-refractivity contribution in [2.75, 3.05) is 13.7 Å². The lowest BCUT2D eigenvalue weighted by Crippen LogP contribution is -2.38. The van der Waals surface area contributed by atoms with Crippen molar-refractivity contribution in [1.29, 1.82) is 0 Å². The molecule has 0 spiro atoms. The number of fused-ring (bicyclic) bond motifs is 1. The molecule has 0 bridgehead atoms. The molecular formula is C18H19NO4S. The van der Waals surface area contributed by atoms with Gasteiger partial charge in [0, 0.05) is 15.8 Å². The Labute approximate surface area is 143 Å². The Kier molecular flexibility index (Phi) is 4.34. The molecule has 0 fully saturated rings. The molecule has 0 aliphatic heterocycles. The molecule has 0 saturated carbocycles. The van der Waals surface area contributed by atoms with Gasteiger partial charge in [-0.2, -0.15) is 0 Å². The van der Waals surface area contributed by atoms with Crippen molar-refractivity contribution < 1.29 is 19.1 Å². The molecule has 1 unspecified atom stereocenters. The van der Waals surface area contributed by atoms with E-state index in [0.717, 1.165) is 15.8 Å². The summed E-state index contributed by atoms with van der Waals surface area (Å²) in [5, 5.41) is 16.0. The first-order valence-electron chi connectivity index (χ1n) is 7.54. The summed E-state index contributed by atoms with van der Waals surface area (Å²) in [6.07, 6.45) is 0. The van der Waals surface area contributed by atoms with Crippen LogP contribution < -0.4 is 10.1 Å². The summed E-state index contributed by atoms with van der Waals surface area (Å²) < 4.78 is 10.9. The average molecular weight is 345 g/mol. The van der Waals surface area contributed by atoms with Gasteiger partial charge in [-0.15, -0.1) is 11.3 Å². The predicted octanol–water partition coefficient (Wildman–Crippen LogP) is 3.45. The highest BCUT2D eigenvalue weighted by molar-refractivity contribution is 7.10. The molecule has 2 heterocycles. The highest BCUT2D eigenvalue weighted by Crippen LogP contribution is 2.29. The largest absolute Gasteiger partial charge is 0.497 e. The van der Waals surface area contributed by atoms with Crippen LogP contribution in [0.15, 0.2) is 40.1 Å². The molecule has 2 aromatic heterocycles. The number of carbonyl (C=O) groups excluding carboxylic acids is 1. The van der Waals surface area contributed by atoms with Crippen LogP contribution in [0.1, 0.15) is 27.9 Å². The lowest BCUT2D eigenvalue weighted by atomic mass is 10.1. The predicted molar refractivity (Wildman–Crippen MR) is 93.7 cm³/mol. The van der Waals surface area contributed by atoms with Crippen molar-refractivity contribution in [3.05, 3.63) is 51.9 Å². The van der Waals surface area contributed by atoms with Crippen molar-refractivity contribution in [2.45, 2.75) is 19.4 Å². The van der Waals surface area contributed by atoms with Crippen LogP contribution in [0.4, 0.5) is 0 Å². The Morgan fingerprint density at radius 1 is 1.42 bits per heavy atom. The Morgan fingerprint density at radius 3 is 2.88 bits per heavy atom. The first kappa shape index (κ1) is 16.5. The molecule has 3 aromatic rings. The van der Waals surface area contributed by atoms with Crippen LogP contribution in [-0.2, 0) is 5.60 Å². The molecule has 1 atom stereocenters. The van der Waals surface area contributed by atoms with Gasteiger partial charge < -0.3 is 19.6 Å². The van der Waals surface area contributed by atoms with Crippen molar-refractivity contribution in [3.63, 3.8) is 0 Å². The summed E-state index contributed by atoms with van der Waals surface area (Å²) in [6, 6.07) is 9.11. The second-order valence-electron chi connectivity index (χ2n) is 5.85. The molecule has 0 aliphatic rings. The van der Waals surface area contributed by atoms with Gasteiger partial charge in [0.05, 0.1) is 13.7 Å². The highest BCUT2D eigenvalue weighted by atomic mass is 32.1. The number of aliphatic hydroxyl groups is 1. The molecule has 0 radical (unpaired) electrons. The maximum atomic E-state index is 12.5. The monoisotopic (exact) mass is 345 g/mol. The topological polar surface area (TPSA) is 71.7 Å². The summed E-state index contributed by atoms with van der Waals surface area (Å²) >= 11 is 1.45. The molecule has 0 saturated heterocycles. The number of nitrogens with one attached hydrogen (secondary N) is 1. The van der Waals surface area contributed by atoms with Gasteiger partial charge in [0.1, 0.15) is 16.9 Å². The maximum Gasteiger partial charge on any atom is 0.287 e. The number of carbonyl (C=O) groups is 1. The first-order valence-corrected chi connectivity index (χ1v) is 8.42. The van der Waals surface area contributed by atoms with E-state index in [9.17, 15) is 9.90 Å². The molecule has 0 aliphatic carbocycles. The number of hydrogen-bond acceptors (Lipinski definition) is 5. The molecule has 24 heavy (non-hydrogen) atoms. The minimum absolute atomic E-state index is 0.103. The summed E-state index contributed by atoms with van der Waals surface area (Å²) in [5.74, 6) is 0.610. The third-order valence-electron chi connectivity index (χ3n) is 3.99. The van der Waals surface area contributed by atoms with Crippen LogP contribution in [0.2, 0.25) is 0 Å². The maximum absolute atomic E-state index is 12.5. The highest BCUT2D eigenvalue weighted by Gasteiger charge is 2.26. The molecule has 3 rings (SSSR count). The summed E-state index contributed by atoms with van der Waals surface area (Å²) in [7, 11) is 1.59. The van der Waals surface area contributed by atoms with Gasteiger partial charge in [0.25, 0.3) is 5.91 Å². The number of ether oxygens (including phenoxy) is 1.